The van der Waals surface area contributed by atoms with Crippen LogP contribution < -0.4 is 0 Å². The third kappa shape index (κ3) is 889. The molecule has 0 aromatic rings. The largest absolute Gasteiger partial charge is 0.396 e. The van der Waals surface area contributed by atoms with Crippen LogP contribution in [0.1, 0.15) is 26.2 Å². The average Bonchev–Trinajstić information content (AvgIpc) is 2.63. The van der Waals surface area contributed by atoms with Crippen LogP contribution in [0.4, 0.5) is 0 Å². The van der Waals surface area contributed by atoms with Gasteiger partial charge in [0.15, 0.2) is 0 Å². The highest BCUT2D eigenvalue weighted by Crippen LogP contribution is 2.01. The van der Waals surface area contributed by atoms with E-state index in [2.05, 4.69) is 0 Å². The van der Waals surface area contributed by atoms with Crippen molar-refractivity contribution in [3.63, 3.8) is 0 Å². The lowest BCUT2D eigenvalue weighted by Gasteiger charge is -2.10. The minimum Gasteiger partial charge on any atom is -0.396 e. The summed E-state index contributed by atoms with van der Waals surface area (Å²) in [5.74, 6) is -2.59. The summed E-state index contributed by atoms with van der Waals surface area (Å²) in [6, 6.07) is 0. The van der Waals surface area contributed by atoms with Gasteiger partial charge >= 0.3 is 0 Å². The van der Waals surface area contributed by atoms with Gasteiger partial charge in [-0.05, 0) is 12.8 Å². The highest BCUT2D eigenvalue weighted by atomic mass is 16.9. The Morgan fingerprint density at radius 3 is 0.769 bits per heavy atom. The highest BCUT2D eigenvalue weighted by molar-refractivity contribution is 4.52. The Labute approximate surface area is 212 Å². The number of nitrogens with zero attached hydrogens (tertiary/aromatic N) is 6. The van der Waals surface area contributed by atoms with Gasteiger partial charge < -0.3 is 61.9 Å². The highest BCUT2D eigenvalue weighted by Gasteiger charge is 2.14. The van der Waals surface area contributed by atoms with E-state index in [4.69, 9.17) is 123 Å². The number of hydrogen-bond acceptors (Lipinski definition) is 18. The van der Waals surface area contributed by atoms with Crippen molar-refractivity contribution < 1.29 is 92.4 Å². The fourth-order valence-corrected chi connectivity index (χ4v) is 0.758. The van der Waals surface area contributed by atoms with Crippen LogP contribution in [0, 0.1) is 66.6 Å². The van der Waals surface area contributed by atoms with Crippen LogP contribution >= 0.6 is 0 Å². The molecule has 0 unspecified atom stereocenters. The summed E-state index contributed by atoms with van der Waals surface area (Å²) in [5, 5.41) is 131. The molecule has 0 saturated carbocycles. The molecule has 0 heterocycles. The molecule has 39 heavy (non-hydrogen) atoms. The van der Waals surface area contributed by atoms with Crippen molar-refractivity contribution in [1.29, 1.82) is 0 Å². The first-order chi connectivity index (χ1) is 17.3. The minimum atomic E-state index is -2.45. The molecule has 0 aliphatic heterocycles. The van der Waals surface area contributed by atoms with Crippen molar-refractivity contribution in [3.05, 3.63) is 60.7 Å². The molecular weight excluding hydrogens is 576 g/mol. The van der Waals surface area contributed by atoms with Crippen LogP contribution in [0.5, 0.6) is 0 Å². The Balaban J connectivity index is -0.0000000479. The van der Waals surface area contributed by atoms with E-state index in [1.165, 1.54) is 0 Å². The Bertz CT molecular complexity index is 476. The predicted molar refractivity (Wildman–Crippen MR) is 106 cm³/mol. The SMILES string of the molecule is CCCC(O)(O)O.O=[N+]([O-])O.O=[N+]([O-])O.O=[N+]([O-])O.O=[N+]([O-])O.O=[N+]([O-])O.O=[N+]([O-])O.OCCC(CO)CO. The van der Waals surface area contributed by atoms with Crippen LogP contribution in [-0.2, 0) is 0 Å². The third-order valence-corrected chi connectivity index (χ3v) is 1.64. The number of aliphatic hydroxyl groups excluding tert-OH is 3. The summed E-state index contributed by atoms with van der Waals surface area (Å²) in [5.41, 5.74) is 0. The maximum atomic E-state index is 8.39. The smallest absolute Gasteiger partial charge is 0.291 e. The van der Waals surface area contributed by atoms with Crippen LogP contribution in [0.3, 0.4) is 0 Å². The Morgan fingerprint density at radius 2 is 0.744 bits per heavy atom. The molecule has 0 aliphatic carbocycles. The van der Waals surface area contributed by atoms with Gasteiger partial charge in [0.2, 0.25) is 0 Å². The van der Waals surface area contributed by atoms with Gasteiger partial charge in [-0.3, -0.25) is 0 Å². The third-order valence-electron chi connectivity index (χ3n) is 1.64. The first-order valence-corrected chi connectivity index (χ1v) is 8.30. The van der Waals surface area contributed by atoms with E-state index in [1.54, 1.807) is 6.92 Å². The molecular formula is C9H28N6O24. The lowest BCUT2D eigenvalue weighted by molar-refractivity contribution is -0.742. The Kier molecular flexibility index (Phi) is 60.4. The lowest BCUT2D eigenvalue weighted by atomic mass is 10.1. The lowest BCUT2D eigenvalue weighted by Crippen LogP contribution is -2.26. The molecule has 238 valence electrons. The minimum absolute atomic E-state index is 0.00694. The summed E-state index contributed by atoms with van der Waals surface area (Å²) in [7, 11) is 0. The molecule has 30 heteroatoms. The molecule has 0 atom stereocenters. The average molecular weight is 604 g/mol. The normalized spacial score (nSPS) is 8.00. The molecule has 0 radical (unpaired) electrons. The first kappa shape index (κ1) is 54.7. The standard InChI is InChI=1S/C5H12O3.C4H10O3.6HNO3/c6-2-1-5(3-7)4-8;1-2-3-4(5,6)7;6*2-1(3)4/h5-8H,1-4H2;5-7H,2-3H2,1H3;6*(H,2,3,4). The quantitative estimate of drug-likeness (QED) is 0.0787. The van der Waals surface area contributed by atoms with E-state index in [0.717, 1.165) is 0 Å². The zero-order chi connectivity index (χ0) is 33.8. The van der Waals surface area contributed by atoms with Crippen molar-refractivity contribution in [3.8, 4) is 0 Å². The summed E-state index contributed by atoms with van der Waals surface area (Å²) in [6.07, 6.45) is 1.05. The van der Waals surface area contributed by atoms with Gasteiger partial charge in [-0.15, -0.1) is 60.7 Å². The molecule has 0 amide bonds. The molecule has 0 spiro atoms. The van der Waals surface area contributed by atoms with E-state index in [1.807, 2.05) is 0 Å². The van der Waals surface area contributed by atoms with Crippen LogP contribution in [0.15, 0.2) is 0 Å². The summed E-state index contributed by atoms with van der Waals surface area (Å²) in [4.78, 5) is 50.2. The molecule has 0 rings (SSSR count). The van der Waals surface area contributed by atoms with Gasteiger partial charge in [-0.1, -0.05) is 6.92 Å². The van der Waals surface area contributed by atoms with Crippen molar-refractivity contribution in [2.45, 2.75) is 32.2 Å². The van der Waals surface area contributed by atoms with E-state index in [0.29, 0.717) is 12.8 Å². The number of aliphatic hydroxyl groups is 6. The van der Waals surface area contributed by atoms with Gasteiger partial charge in [0.1, 0.15) is 0 Å². The summed E-state index contributed by atoms with van der Waals surface area (Å²) >= 11 is 0. The van der Waals surface area contributed by atoms with Gasteiger partial charge in [0.25, 0.3) is 36.5 Å². The second-order valence-electron chi connectivity index (χ2n) is 4.69. The Hall–Kier alpha value is -5.04. The van der Waals surface area contributed by atoms with Crippen molar-refractivity contribution in [1.82, 2.24) is 0 Å². The van der Waals surface area contributed by atoms with Crippen LogP contribution in [-0.4, -0.2) is 118 Å². The molecule has 12 N–H and O–H groups in total. The molecule has 30 nitrogen and oxygen atoms in total. The van der Waals surface area contributed by atoms with E-state index < -0.39 is 36.5 Å². The van der Waals surface area contributed by atoms with E-state index in [-0.39, 0.29) is 32.2 Å². The molecule has 0 aromatic carbocycles. The molecule has 0 bridgehead atoms. The predicted octanol–water partition coefficient (Wildman–Crippen LogP) is -3.70. The molecule has 0 aliphatic rings. The van der Waals surface area contributed by atoms with Crippen LogP contribution in [0.2, 0.25) is 0 Å². The van der Waals surface area contributed by atoms with Gasteiger partial charge in [0, 0.05) is 32.2 Å². The monoisotopic (exact) mass is 604 g/mol. The summed E-state index contributed by atoms with van der Waals surface area (Å²) in [6.45, 7) is 1.69. The van der Waals surface area contributed by atoms with Crippen molar-refractivity contribution in [2.24, 2.45) is 5.92 Å². The fourth-order valence-electron chi connectivity index (χ4n) is 0.758. The van der Waals surface area contributed by atoms with Gasteiger partial charge in [-0.25, -0.2) is 0 Å². The molecule has 0 fully saturated rings. The number of rotatable bonds is 6. The van der Waals surface area contributed by atoms with Crippen molar-refractivity contribution >= 4 is 0 Å². The van der Waals surface area contributed by atoms with E-state index in [9.17, 15) is 0 Å². The van der Waals surface area contributed by atoms with Crippen molar-refractivity contribution in [2.75, 3.05) is 19.8 Å². The Morgan fingerprint density at radius 1 is 0.564 bits per heavy atom. The maximum Gasteiger partial charge on any atom is 0.291 e. The molecule has 0 aromatic heterocycles. The second-order valence-corrected chi connectivity index (χ2v) is 4.69. The molecule has 0 saturated heterocycles. The van der Waals surface area contributed by atoms with Crippen LogP contribution in [0.25, 0.3) is 0 Å². The zero-order valence-electron chi connectivity index (χ0n) is 19.3. The zero-order valence-corrected chi connectivity index (χ0v) is 19.3. The fraction of sp³-hybridized carbons (Fsp3) is 1.00. The second kappa shape index (κ2) is 43.1. The first-order valence-electron chi connectivity index (χ1n) is 8.30. The number of hydrogen-bond donors (Lipinski definition) is 12. The summed E-state index contributed by atoms with van der Waals surface area (Å²) < 4.78 is 0. The van der Waals surface area contributed by atoms with Gasteiger partial charge in [-0.2, -0.15) is 0 Å². The van der Waals surface area contributed by atoms with E-state index >= 15 is 0 Å². The van der Waals surface area contributed by atoms with Gasteiger partial charge in [0.05, 0.1) is 0 Å². The topological polar surface area (TPSA) is 502 Å². The maximum absolute atomic E-state index is 8.39.